The van der Waals surface area contributed by atoms with E-state index in [4.69, 9.17) is 18.8 Å². The summed E-state index contributed by atoms with van der Waals surface area (Å²) in [6, 6.07) is 84.8. The molecule has 0 bridgehead atoms. The molecule has 75 heavy (non-hydrogen) atoms. The third kappa shape index (κ3) is 5.69. The molecule has 0 radical (unpaired) electrons. The van der Waals surface area contributed by atoms with E-state index in [1.54, 1.807) is 0 Å². The van der Waals surface area contributed by atoms with Crippen LogP contribution in [-0.2, 0) is 0 Å². The molecule has 0 saturated carbocycles. The monoisotopic (exact) mass is 954 g/mol. The molecule has 0 unspecified atom stereocenters. The van der Waals surface area contributed by atoms with Gasteiger partial charge in [-0.1, -0.05) is 188 Å². The van der Waals surface area contributed by atoms with E-state index in [1.165, 1.54) is 38.6 Å². The van der Waals surface area contributed by atoms with E-state index in [-0.39, 0.29) is 6.71 Å². The summed E-state index contributed by atoms with van der Waals surface area (Å²) in [5.74, 6) is 1.73. The van der Waals surface area contributed by atoms with Crippen LogP contribution in [0.4, 0.5) is 0 Å². The molecule has 6 nitrogen and oxygen atoms in total. The second-order valence-corrected chi connectivity index (χ2v) is 19.9. The minimum Gasteiger partial charge on any atom is -0.456 e. The van der Waals surface area contributed by atoms with E-state index in [2.05, 4.69) is 234 Å². The lowest BCUT2D eigenvalue weighted by Crippen LogP contribution is -2.59. The lowest BCUT2D eigenvalue weighted by atomic mass is 9.34. The molecule has 0 N–H and O–H groups in total. The van der Waals surface area contributed by atoms with Gasteiger partial charge in [-0.3, -0.25) is 9.13 Å². The summed E-state index contributed by atoms with van der Waals surface area (Å²) in [6.45, 7) is -0.195. The van der Waals surface area contributed by atoms with E-state index in [9.17, 15) is 0 Å². The van der Waals surface area contributed by atoms with E-state index in [1.807, 2.05) is 12.1 Å². The smallest absolute Gasteiger partial charge is 0.252 e. The molecule has 6 heterocycles. The molecule has 2 aliphatic heterocycles. The van der Waals surface area contributed by atoms with E-state index < -0.39 is 0 Å². The fourth-order valence-corrected chi connectivity index (χ4v) is 12.9. The molecular weight excluding hydrogens is 916 g/mol. The van der Waals surface area contributed by atoms with Gasteiger partial charge in [0.15, 0.2) is 0 Å². The molecule has 15 aromatic rings. The van der Waals surface area contributed by atoms with Gasteiger partial charge >= 0.3 is 0 Å². The zero-order chi connectivity index (χ0) is 48.9. The quantitative estimate of drug-likeness (QED) is 0.156. The Labute approximate surface area is 430 Å². The van der Waals surface area contributed by atoms with Crippen LogP contribution in [0, 0.1) is 0 Å². The van der Waals surface area contributed by atoms with Crippen LogP contribution in [-0.4, -0.2) is 25.8 Å². The van der Waals surface area contributed by atoms with Gasteiger partial charge in [0, 0.05) is 44.0 Å². The van der Waals surface area contributed by atoms with Crippen LogP contribution in [0.5, 0.6) is 0 Å². The van der Waals surface area contributed by atoms with Crippen LogP contribution in [0.25, 0.3) is 145 Å². The van der Waals surface area contributed by atoms with Gasteiger partial charge in [0.05, 0.1) is 22.1 Å². The SMILES string of the molecule is c1ccc(-c2ccccc2-c2cc3c4c(c2)nc(-c2cccc5oc6ccccc6c25)n4-c2cccc4c2B3c2cc(-c3ccccc3-c3ccccc3)cc3nc(-c5cccc6oc7ccccc7c56)n-4c23)cc1. The summed E-state index contributed by atoms with van der Waals surface area (Å²) in [5.41, 5.74) is 24.4. The summed E-state index contributed by atoms with van der Waals surface area (Å²) >= 11 is 0. The number of rotatable bonds is 6. The van der Waals surface area contributed by atoms with Crippen molar-refractivity contribution in [1.29, 1.82) is 0 Å². The standard InChI is InChI=1S/C68H39BN4O2/c1-3-18-40(19-4-1)44-22-7-9-24-46(44)42-36-52-65-54(38-42)70-67(50-28-15-34-60-62(50)48-26-11-13-32-58(48)74-60)72(65)56-30-17-31-57-64(56)69(52)53-37-43(47-25-10-8-23-45(47)41-20-5-2-6-21-41)39-55-66(53)73(57)68(71-55)51-29-16-35-61-63(51)49-27-12-14-33-59(49)75-61/h1-39H. The largest absolute Gasteiger partial charge is 0.456 e. The number of benzene rings is 11. The van der Waals surface area contributed by atoms with Crippen LogP contribution >= 0.6 is 0 Å². The molecule has 0 spiro atoms. The highest BCUT2D eigenvalue weighted by Gasteiger charge is 2.43. The van der Waals surface area contributed by atoms with Crippen LogP contribution < -0.4 is 16.4 Å². The van der Waals surface area contributed by atoms with Gasteiger partial charge in [-0.2, -0.15) is 0 Å². The molecule has 346 valence electrons. The minimum atomic E-state index is -0.195. The molecule has 2 aliphatic rings. The average molecular weight is 955 g/mol. The summed E-state index contributed by atoms with van der Waals surface area (Å²) in [7, 11) is 0. The average Bonchev–Trinajstić information content (AvgIpc) is 4.32. The number of aromatic nitrogens is 4. The van der Waals surface area contributed by atoms with Crippen LogP contribution in [0.2, 0.25) is 0 Å². The lowest BCUT2D eigenvalue weighted by Gasteiger charge is -2.34. The van der Waals surface area contributed by atoms with E-state index >= 15 is 0 Å². The Hall–Kier alpha value is -9.98. The summed E-state index contributed by atoms with van der Waals surface area (Å²) < 4.78 is 18.0. The Morgan fingerprint density at radius 1 is 0.320 bits per heavy atom. The number of hydrogen-bond donors (Lipinski definition) is 0. The maximum Gasteiger partial charge on any atom is 0.252 e. The molecule has 0 saturated heterocycles. The first-order chi connectivity index (χ1) is 37.2. The molecule has 0 atom stereocenters. The molecule has 0 amide bonds. The number of imidazole rings is 2. The third-order valence-corrected chi connectivity index (χ3v) is 15.9. The van der Waals surface area contributed by atoms with Crippen molar-refractivity contribution in [1.82, 2.24) is 19.1 Å². The highest BCUT2D eigenvalue weighted by molar-refractivity contribution is 7.00. The second-order valence-electron chi connectivity index (χ2n) is 19.9. The van der Waals surface area contributed by atoms with Gasteiger partial charge in [-0.15, -0.1) is 0 Å². The van der Waals surface area contributed by atoms with Crippen molar-refractivity contribution in [2.45, 2.75) is 0 Å². The first-order valence-corrected chi connectivity index (χ1v) is 25.6. The van der Waals surface area contributed by atoms with E-state index in [0.717, 1.165) is 122 Å². The highest BCUT2D eigenvalue weighted by atomic mass is 16.3. The lowest BCUT2D eigenvalue weighted by molar-refractivity contribution is 0.668. The molecule has 0 aliphatic carbocycles. The second kappa shape index (κ2) is 15.3. The first-order valence-electron chi connectivity index (χ1n) is 25.6. The molecule has 11 aromatic carbocycles. The zero-order valence-corrected chi connectivity index (χ0v) is 40.2. The summed E-state index contributed by atoms with van der Waals surface area (Å²) in [4.78, 5) is 11.6. The third-order valence-electron chi connectivity index (χ3n) is 15.9. The molecule has 7 heteroatoms. The van der Waals surface area contributed by atoms with Crippen molar-refractivity contribution >= 4 is 89.0 Å². The molecular formula is C68H39BN4O2. The van der Waals surface area contributed by atoms with Gasteiger partial charge in [0.1, 0.15) is 34.0 Å². The Bertz CT molecular complexity index is 4600. The fraction of sp³-hybridized carbons (Fsp3) is 0. The van der Waals surface area contributed by atoms with Gasteiger partial charge in [-0.05, 0) is 109 Å². The maximum atomic E-state index is 6.56. The van der Waals surface area contributed by atoms with Crippen molar-refractivity contribution in [3.8, 4) is 78.7 Å². The van der Waals surface area contributed by atoms with Gasteiger partial charge < -0.3 is 8.83 Å². The van der Waals surface area contributed by atoms with Crippen LogP contribution in [0.3, 0.4) is 0 Å². The first kappa shape index (κ1) is 40.6. The molecule has 4 aromatic heterocycles. The summed E-state index contributed by atoms with van der Waals surface area (Å²) in [5, 5.41) is 4.23. The van der Waals surface area contributed by atoms with Crippen LogP contribution in [0.1, 0.15) is 0 Å². The minimum absolute atomic E-state index is 0.195. The predicted molar refractivity (Wildman–Crippen MR) is 308 cm³/mol. The van der Waals surface area contributed by atoms with Crippen molar-refractivity contribution < 1.29 is 8.83 Å². The number of furan rings is 2. The van der Waals surface area contributed by atoms with Gasteiger partial charge in [-0.25, -0.2) is 9.97 Å². The number of para-hydroxylation sites is 2. The van der Waals surface area contributed by atoms with Crippen molar-refractivity contribution in [3.05, 3.63) is 237 Å². The Morgan fingerprint density at radius 2 is 0.693 bits per heavy atom. The Kier molecular flexibility index (Phi) is 8.27. The summed E-state index contributed by atoms with van der Waals surface area (Å²) in [6.07, 6.45) is 0. The topological polar surface area (TPSA) is 61.9 Å². The number of fused-ring (bicyclic) bond motifs is 10. The Balaban J connectivity index is 1.02. The number of hydrogen-bond acceptors (Lipinski definition) is 4. The maximum absolute atomic E-state index is 6.56. The van der Waals surface area contributed by atoms with Crippen molar-refractivity contribution in [3.63, 3.8) is 0 Å². The fourth-order valence-electron chi connectivity index (χ4n) is 12.9. The predicted octanol–water partition coefficient (Wildman–Crippen LogP) is 15.3. The Morgan fingerprint density at radius 3 is 1.16 bits per heavy atom. The molecule has 17 rings (SSSR count). The zero-order valence-electron chi connectivity index (χ0n) is 40.2. The normalized spacial score (nSPS) is 12.5. The van der Waals surface area contributed by atoms with Gasteiger partial charge in [0.25, 0.3) is 6.71 Å². The van der Waals surface area contributed by atoms with Crippen molar-refractivity contribution in [2.75, 3.05) is 0 Å². The van der Waals surface area contributed by atoms with Crippen molar-refractivity contribution in [2.24, 2.45) is 0 Å². The highest BCUT2D eigenvalue weighted by Crippen LogP contribution is 2.45. The van der Waals surface area contributed by atoms with Gasteiger partial charge in [0.2, 0.25) is 0 Å². The number of nitrogens with zero attached hydrogens (tertiary/aromatic N) is 4. The van der Waals surface area contributed by atoms with Crippen LogP contribution in [0.15, 0.2) is 245 Å². The molecule has 0 fully saturated rings. The van der Waals surface area contributed by atoms with E-state index in [0.29, 0.717) is 0 Å².